The van der Waals surface area contributed by atoms with Gasteiger partial charge in [0.15, 0.2) is 0 Å². The molecular weight excluding hydrogens is 544 g/mol. The van der Waals surface area contributed by atoms with Gasteiger partial charge in [0.05, 0.1) is 19.1 Å². The highest BCUT2D eigenvalue weighted by atomic mass is 31.2. The van der Waals surface area contributed by atoms with E-state index in [1.807, 2.05) is 0 Å². The molecule has 0 N–H and O–H groups in total. The molecule has 0 unspecified atom stereocenters. The fourth-order valence-corrected chi connectivity index (χ4v) is 15.5. The van der Waals surface area contributed by atoms with Gasteiger partial charge in [-0.15, -0.1) is 0 Å². The van der Waals surface area contributed by atoms with Crippen LogP contribution in [0.15, 0.2) is 164 Å². The number of aryl methyl sites for hydroxylation is 1. The predicted octanol–water partition coefficient (Wildman–Crippen LogP) is 8.38. The summed E-state index contributed by atoms with van der Waals surface area (Å²) in [7, 11) is -3.33. The normalized spacial score (nSPS) is 13.7. The average Bonchev–Trinajstić information content (AvgIpc) is 3.36. The van der Waals surface area contributed by atoms with E-state index in [-0.39, 0.29) is 0 Å². The second-order valence-corrected chi connectivity index (χ2v) is 16.4. The molecule has 0 bridgehead atoms. The van der Waals surface area contributed by atoms with Gasteiger partial charge in [0, 0.05) is 16.0 Å². The molecule has 1 nitrogen and oxygen atoms in total. The van der Waals surface area contributed by atoms with E-state index in [1.54, 1.807) is 0 Å². The molecule has 0 saturated heterocycles. The first kappa shape index (κ1) is 25.4. The molecule has 1 heterocycles. The van der Waals surface area contributed by atoms with Crippen LogP contribution in [-0.2, 0) is 0 Å². The lowest BCUT2D eigenvalue weighted by molar-refractivity contribution is 1.52. The van der Waals surface area contributed by atoms with Gasteiger partial charge in [-0.1, -0.05) is 127 Å². The molecule has 0 aromatic heterocycles. The maximum Gasteiger partial charge on any atom is 0.207 e. The van der Waals surface area contributed by atoms with Crippen molar-refractivity contribution in [3.05, 3.63) is 169 Å². The van der Waals surface area contributed by atoms with Gasteiger partial charge in [-0.2, -0.15) is 0 Å². The molecule has 1 aliphatic heterocycles. The molecule has 0 radical (unpaired) electrons. The zero-order valence-electron chi connectivity index (χ0n) is 23.4. The van der Waals surface area contributed by atoms with Crippen LogP contribution in [0.5, 0.6) is 0 Å². The number of fused-ring (bicyclic) bond motifs is 2. The monoisotopic (exact) mass is 574 g/mol. The van der Waals surface area contributed by atoms with E-state index < -0.39 is 15.5 Å². The Morgan fingerprint density at radius 3 is 1.50 bits per heavy atom. The zero-order valence-corrected chi connectivity index (χ0v) is 25.2. The molecule has 200 valence electrons. The number of rotatable bonds is 5. The molecule has 0 spiro atoms. The third-order valence-corrected chi connectivity index (χ3v) is 15.9. The molecule has 0 saturated carbocycles. The van der Waals surface area contributed by atoms with Crippen molar-refractivity contribution in [2.45, 2.75) is 6.92 Å². The Kier molecular flexibility index (Phi) is 6.19. The molecule has 0 amide bonds. The molecule has 0 aliphatic carbocycles. The molecule has 3 heteroatoms. The summed E-state index contributed by atoms with van der Waals surface area (Å²) in [5.74, 6) is 0. The Balaban J connectivity index is 1.62. The van der Waals surface area contributed by atoms with E-state index in [4.69, 9.17) is 0 Å². The van der Waals surface area contributed by atoms with Crippen molar-refractivity contribution in [3.8, 4) is 0 Å². The summed E-state index contributed by atoms with van der Waals surface area (Å²) in [5, 5.41) is 12.3. The number of hydrogen-bond donors (Lipinski definition) is 0. The van der Waals surface area contributed by atoms with Crippen LogP contribution >= 0.6 is 15.5 Å². The van der Waals surface area contributed by atoms with Gasteiger partial charge < -0.3 is 0 Å². The minimum absolute atomic E-state index is 0.962. The van der Waals surface area contributed by atoms with Crippen molar-refractivity contribution in [2.24, 2.45) is 0 Å². The summed E-state index contributed by atoms with van der Waals surface area (Å²) in [6.07, 6.45) is 0. The Bertz CT molecular complexity index is 1960. The van der Waals surface area contributed by atoms with Gasteiger partial charge in [0.25, 0.3) is 0 Å². The van der Waals surface area contributed by atoms with Crippen LogP contribution in [0.1, 0.15) is 5.56 Å². The standard InChI is InChI=1S/C39H30NP2/c1-29-16-14-17-30-28-31-18-15-27-36-38(31)39(37(29)30)40(41(32-19-6-2-7-20-32)33-21-8-3-9-22-33)42(36,34-23-10-4-11-24-34)35-25-12-5-13-26-35/h2-28H,1H3/q+1. The summed E-state index contributed by atoms with van der Waals surface area (Å²) in [5.41, 5.74) is 2.71. The largest absolute Gasteiger partial charge is 0.207 e. The highest BCUT2D eigenvalue weighted by Crippen LogP contribution is 2.74. The molecule has 42 heavy (non-hydrogen) atoms. The van der Waals surface area contributed by atoms with Crippen LogP contribution < -0.4 is 31.0 Å². The SMILES string of the molecule is Cc1cccc2cc3cccc4c3c(c12)N(P(c1ccccc1)c1ccccc1)[P+]4(c1ccccc1)c1ccccc1. The summed E-state index contributed by atoms with van der Waals surface area (Å²) < 4.78 is 2.94. The smallest absolute Gasteiger partial charge is 0.205 e. The minimum atomic E-state index is -2.37. The summed E-state index contributed by atoms with van der Waals surface area (Å²) in [6.45, 7) is 2.28. The lowest BCUT2D eigenvalue weighted by Gasteiger charge is -2.39. The van der Waals surface area contributed by atoms with E-state index in [0.29, 0.717) is 0 Å². The van der Waals surface area contributed by atoms with Gasteiger partial charge in [-0.25, -0.2) is 4.44 Å². The van der Waals surface area contributed by atoms with Gasteiger partial charge in [-0.05, 0) is 59.7 Å². The van der Waals surface area contributed by atoms with Crippen LogP contribution in [0.2, 0.25) is 0 Å². The van der Waals surface area contributed by atoms with Gasteiger partial charge in [0.2, 0.25) is 7.41 Å². The number of nitrogens with zero attached hydrogens (tertiary/aromatic N) is 1. The number of anilines is 1. The fraction of sp³-hybridized carbons (Fsp3) is 0.0256. The second kappa shape index (κ2) is 10.2. The fourth-order valence-electron chi connectivity index (χ4n) is 6.76. The molecule has 8 rings (SSSR count). The quantitative estimate of drug-likeness (QED) is 0.147. The molecule has 7 aromatic rings. The van der Waals surface area contributed by atoms with E-state index >= 15 is 0 Å². The maximum atomic E-state index is 2.94. The van der Waals surface area contributed by atoms with E-state index in [9.17, 15) is 0 Å². The van der Waals surface area contributed by atoms with Crippen LogP contribution in [0, 0.1) is 6.92 Å². The van der Waals surface area contributed by atoms with Crippen LogP contribution in [0.4, 0.5) is 5.69 Å². The lowest BCUT2D eigenvalue weighted by Crippen LogP contribution is -2.40. The van der Waals surface area contributed by atoms with Crippen LogP contribution in [-0.4, -0.2) is 0 Å². The summed E-state index contributed by atoms with van der Waals surface area (Å²) in [4.78, 5) is 0. The van der Waals surface area contributed by atoms with Crippen LogP contribution in [0.3, 0.4) is 0 Å². The minimum Gasteiger partial charge on any atom is -0.205 e. The van der Waals surface area contributed by atoms with Crippen molar-refractivity contribution in [2.75, 3.05) is 4.44 Å². The lowest BCUT2D eigenvalue weighted by atomic mass is 9.98. The van der Waals surface area contributed by atoms with Crippen molar-refractivity contribution in [1.82, 2.24) is 0 Å². The Labute approximate surface area is 249 Å². The third-order valence-electron chi connectivity index (χ3n) is 8.45. The highest BCUT2D eigenvalue weighted by Gasteiger charge is 2.61. The average molecular weight is 575 g/mol. The van der Waals surface area contributed by atoms with Crippen LogP contribution in [0.25, 0.3) is 21.5 Å². The van der Waals surface area contributed by atoms with Gasteiger partial charge in [-0.3, -0.25) is 0 Å². The first-order valence-electron chi connectivity index (χ1n) is 14.4. The molecule has 7 aromatic carbocycles. The van der Waals surface area contributed by atoms with Crippen molar-refractivity contribution in [3.63, 3.8) is 0 Å². The first-order chi connectivity index (χ1) is 20.8. The maximum absolute atomic E-state index is 2.94. The summed E-state index contributed by atoms with van der Waals surface area (Å²) in [6, 6.07) is 61.3. The highest BCUT2D eigenvalue weighted by molar-refractivity contribution is 8.05. The summed E-state index contributed by atoms with van der Waals surface area (Å²) >= 11 is 0. The molecule has 0 fully saturated rings. The topological polar surface area (TPSA) is 3.24 Å². The third kappa shape index (κ3) is 3.71. The molecule has 0 atom stereocenters. The van der Waals surface area contributed by atoms with Gasteiger partial charge >= 0.3 is 0 Å². The predicted molar refractivity (Wildman–Crippen MR) is 186 cm³/mol. The molecular formula is C39H30NP2+. The number of benzene rings is 7. The Hall–Kier alpha value is -4.28. The Morgan fingerprint density at radius 1 is 0.476 bits per heavy atom. The van der Waals surface area contributed by atoms with Crippen molar-refractivity contribution in [1.29, 1.82) is 0 Å². The molecule has 1 aliphatic rings. The van der Waals surface area contributed by atoms with E-state index in [0.717, 1.165) is 0 Å². The van der Waals surface area contributed by atoms with Crippen molar-refractivity contribution < 1.29 is 0 Å². The van der Waals surface area contributed by atoms with E-state index in [1.165, 1.54) is 59.3 Å². The zero-order chi connectivity index (χ0) is 28.1. The second-order valence-electron chi connectivity index (χ2n) is 10.9. The number of hydrogen-bond acceptors (Lipinski definition) is 1. The first-order valence-corrected chi connectivity index (χ1v) is 17.5. The van der Waals surface area contributed by atoms with E-state index in [2.05, 4.69) is 175 Å². The van der Waals surface area contributed by atoms with Gasteiger partial charge in [0.1, 0.15) is 15.9 Å². The Morgan fingerprint density at radius 2 is 0.952 bits per heavy atom. The van der Waals surface area contributed by atoms with Crippen molar-refractivity contribution >= 4 is 69.2 Å².